The van der Waals surface area contributed by atoms with Crippen LogP contribution in [0.5, 0.6) is 0 Å². The third-order valence-electron chi connectivity index (χ3n) is 6.02. The maximum absolute atomic E-state index is 3.71. The molecule has 0 saturated carbocycles. The van der Waals surface area contributed by atoms with Crippen LogP contribution in [0.1, 0.15) is 0 Å². The first-order valence-corrected chi connectivity index (χ1v) is 9.23. The predicted octanol–water partition coefficient (Wildman–Crippen LogP) is -2.97. The van der Waals surface area contributed by atoms with E-state index in [0.29, 0.717) is 0 Å². The molecule has 0 fully saturated rings. The number of hydrogen-bond acceptors (Lipinski definition) is 1. The van der Waals surface area contributed by atoms with Crippen LogP contribution in [0.25, 0.3) is 21.5 Å². The van der Waals surface area contributed by atoms with Crippen molar-refractivity contribution < 1.29 is 0 Å². The van der Waals surface area contributed by atoms with Gasteiger partial charge in [-0.1, -0.05) is 64.3 Å². The summed E-state index contributed by atoms with van der Waals surface area (Å²) >= 11 is 0. The van der Waals surface area contributed by atoms with Gasteiger partial charge in [0.1, 0.15) is 39.2 Å². The van der Waals surface area contributed by atoms with Crippen LogP contribution >= 0.6 is 0 Å². The van der Waals surface area contributed by atoms with E-state index in [4.69, 9.17) is 0 Å². The van der Waals surface area contributed by atoms with Crippen LogP contribution < -0.4 is 32.6 Å². The Kier molecular flexibility index (Phi) is 4.15. The van der Waals surface area contributed by atoms with Gasteiger partial charge in [0.05, 0.1) is 0 Å². The van der Waals surface area contributed by atoms with Gasteiger partial charge in [0, 0.05) is 11.4 Å². The molecule has 120 valence electrons. The summed E-state index contributed by atoms with van der Waals surface area (Å²) in [6.45, 7) is 0. The van der Waals surface area contributed by atoms with Crippen molar-refractivity contribution in [2.45, 2.75) is 0 Å². The molecule has 0 radical (unpaired) electrons. The van der Waals surface area contributed by atoms with Gasteiger partial charge in [-0.2, -0.15) is 0 Å². The van der Waals surface area contributed by atoms with E-state index in [9.17, 15) is 0 Å². The van der Waals surface area contributed by atoms with Crippen molar-refractivity contribution in [1.82, 2.24) is 0 Å². The van der Waals surface area contributed by atoms with Crippen LogP contribution in [0.15, 0.2) is 54.6 Å². The van der Waals surface area contributed by atoms with E-state index in [1.54, 1.807) is 0 Å². The second-order valence-electron chi connectivity index (χ2n) is 7.35. The Morgan fingerprint density at radius 3 is 1.77 bits per heavy atom. The summed E-state index contributed by atoms with van der Waals surface area (Å²) in [7, 11) is 11.1. The Labute approximate surface area is 159 Å². The van der Waals surface area contributed by atoms with Crippen LogP contribution in [-0.2, 0) is 0 Å². The molecular formula is C20H20B5N. The topological polar surface area (TPSA) is 12.0 Å². The smallest absolute Gasteiger partial charge is 0.141 e. The Morgan fingerprint density at radius 1 is 0.538 bits per heavy atom. The third kappa shape index (κ3) is 2.65. The van der Waals surface area contributed by atoms with Gasteiger partial charge in [0.15, 0.2) is 0 Å². The van der Waals surface area contributed by atoms with Crippen LogP contribution in [-0.4, -0.2) is 39.2 Å². The van der Waals surface area contributed by atoms with E-state index in [2.05, 4.69) is 99.1 Å². The molecule has 0 aromatic heterocycles. The average Bonchev–Trinajstić information content (AvgIpc) is 2.68. The lowest BCUT2D eigenvalue weighted by atomic mass is 9.61. The first-order chi connectivity index (χ1) is 12.5. The van der Waals surface area contributed by atoms with Gasteiger partial charge in [0.25, 0.3) is 0 Å². The largest absolute Gasteiger partial charge is 0.356 e. The van der Waals surface area contributed by atoms with E-state index in [0.717, 1.165) is 5.69 Å². The normalized spacial score (nSPS) is 11.1. The highest BCUT2D eigenvalue weighted by molar-refractivity contribution is 6.68. The Morgan fingerprint density at radius 2 is 1.08 bits per heavy atom. The highest BCUT2D eigenvalue weighted by Gasteiger charge is 2.12. The molecule has 0 spiro atoms. The molecule has 0 atom stereocenters. The molecule has 0 unspecified atom stereocenters. The zero-order valence-corrected chi connectivity index (χ0v) is 16.2. The number of hydrogen-bond donors (Lipinski definition) is 1. The summed E-state index contributed by atoms with van der Waals surface area (Å²) in [5.74, 6) is 0. The van der Waals surface area contributed by atoms with Crippen molar-refractivity contribution >= 4 is 99.5 Å². The van der Waals surface area contributed by atoms with Gasteiger partial charge in [0.2, 0.25) is 0 Å². The minimum absolute atomic E-state index is 1.14. The molecule has 1 N–H and O–H groups in total. The molecule has 0 bridgehead atoms. The van der Waals surface area contributed by atoms with Gasteiger partial charge < -0.3 is 5.32 Å². The summed E-state index contributed by atoms with van der Waals surface area (Å²) in [6.07, 6.45) is 0. The van der Waals surface area contributed by atoms with E-state index < -0.39 is 0 Å². The molecule has 4 aromatic rings. The molecule has 0 aliphatic rings. The molecule has 26 heavy (non-hydrogen) atoms. The molecule has 0 aliphatic heterocycles. The monoisotopic (exact) mass is 329 g/mol. The lowest BCUT2D eigenvalue weighted by Gasteiger charge is -2.21. The van der Waals surface area contributed by atoms with Crippen molar-refractivity contribution in [3.05, 3.63) is 54.6 Å². The van der Waals surface area contributed by atoms with Gasteiger partial charge in [-0.3, -0.25) is 0 Å². The van der Waals surface area contributed by atoms with E-state index >= 15 is 0 Å². The molecule has 0 aliphatic carbocycles. The molecule has 6 heteroatoms. The second-order valence-corrected chi connectivity index (χ2v) is 7.35. The van der Waals surface area contributed by atoms with E-state index in [1.807, 2.05) is 0 Å². The number of fused-ring (bicyclic) bond motifs is 3. The zero-order valence-electron chi connectivity index (χ0n) is 16.2. The average molecular weight is 328 g/mol. The van der Waals surface area contributed by atoms with Crippen molar-refractivity contribution in [3.8, 4) is 0 Å². The van der Waals surface area contributed by atoms with Crippen LogP contribution in [0.4, 0.5) is 11.4 Å². The lowest BCUT2D eigenvalue weighted by Crippen LogP contribution is -2.55. The third-order valence-corrected chi connectivity index (χ3v) is 6.02. The molecule has 0 amide bonds. The molecule has 0 saturated heterocycles. The number of rotatable bonds is 2. The van der Waals surface area contributed by atoms with Crippen LogP contribution in [0.2, 0.25) is 0 Å². The summed E-state index contributed by atoms with van der Waals surface area (Å²) in [5, 5.41) is 8.87. The first kappa shape index (κ1) is 17.0. The Bertz CT molecular complexity index is 1140. The van der Waals surface area contributed by atoms with Gasteiger partial charge in [-0.05, 0) is 33.7 Å². The van der Waals surface area contributed by atoms with Crippen molar-refractivity contribution in [2.24, 2.45) is 0 Å². The SMILES string of the molecule is Bc1c(B)c(B)c(Nc2ccc3ccc4ccccc4c3c2)c(B)c1B. The predicted molar refractivity (Wildman–Crippen MR) is 132 cm³/mol. The second kappa shape index (κ2) is 6.35. The summed E-state index contributed by atoms with van der Waals surface area (Å²) in [5.41, 5.74) is 9.21. The minimum atomic E-state index is 1.14. The first-order valence-electron chi connectivity index (χ1n) is 9.23. The van der Waals surface area contributed by atoms with Crippen LogP contribution in [0, 0.1) is 0 Å². The molecule has 4 rings (SSSR count). The van der Waals surface area contributed by atoms with Gasteiger partial charge in [-0.15, -0.1) is 5.46 Å². The minimum Gasteiger partial charge on any atom is -0.356 e. The van der Waals surface area contributed by atoms with Crippen molar-refractivity contribution in [3.63, 3.8) is 0 Å². The van der Waals surface area contributed by atoms with Crippen molar-refractivity contribution in [2.75, 3.05) is 5.32 Å². The standard InChI is InChI=1S/C20H20B5N/c21-15-16(22)18(24)20(19(25)17(15)23)26-12-8-7-11-6-5-10-3-1-2-4-13(10)14(11)9-12/h1-9,26H,21-25H2. The van der Waals surface area contributed by atoms with E-state index in [1.165, 1.54) is 54.5 Å². The molecule has 1 nitrogen and oxygen atoms in total. The maximum atomic E-state index is 3.71. The summed E-state index contributed by atoms with van der Waals surface area (Å²) in [4.78, 5) is 0. The highest BCUT2D eigenvalue weighted by atomic mass is 14.9. The summed E-state index contributed by atoms with van der Waals surface area (Å²) < 4.78 is 0. The Hall–Kier alpha value is -2.48. The number of anilines is 2. The Balaban J connectivity index is 1.88. The highest BCUT2D eigenvalue weighted by Crippen LogP contribution is 2.28. The van der Waals surface area contributed by atoms with Crippen molar-refractivity contribution in [1.29, 1.82) is 0 Å². The van der Waals surface area contributed by atoms with E-state index in [-0.39, 0.29) is 0 Å². The quantitative estimate of drug-likeness (QED) is 0.306. The number of benzene rings is 4. The fraction of sp³-hybridized carbons (Fsp3) is 0. The molecule has 4 aromatic carbocycles. The molecular weight excluding hydrogens is 308 g/mol. The maximum Gasteiger partial charge on any atom is 0.141 e. The number of nitrogens with one attached hydrogen (secondary N) is 1. The van der Waals surface area contributed by atoms with Crippen LogP contribution in [0.3, 0.4) is 0 Å². The molecule has 0 heterocycles. The lowest BCUT2D eigenvalue weighted by molar-refractivity contribution is 1.64. The fourth-order valence-corrected chi connectivity index (χ4v) is 3.91. The van der Waals surface area contributed by atoms with Gasteiger partial charge in [-0.25, -0.2) is 0 Å². The zero-order chi connectivity index (χ0) is 18.4. The summed E-state index contributed by atoms with van der Waals surface area (Å²) in [6, 6.07) is 19.7. The van der Waals surface area contributed by atoms with Gasteiger partial charge >= 0.3 is 0 Å². The fourth-order valence-electron chi connectivity index (χ4n) is 3.91.